The van der Waals surface area contributed by atoms with Crippen LogP contribution in [0.2, 0.25) is 0 Å². The Morgan fingerprint density at radius 2 is 2.11 bits per heavy atom. The van der Waals surface area contributed by atoms with Crippen LogP contribution in [-0.4, -0.2) is 13.2 Å². The lowest BCUT2D eigenvalue weighted by atomic mass is 10.0. The first-order valence-corrected chi connectivity index (χ1v) is 5.89. The summed E-state index contributed by atoms with van der Waals surface area (Å²) in [4.78, 5) is 0. The summed E-state index contributed by atoms with van der Waals surface area (Å²) in [6, 6.07) is 6.56. The van der Waals surface area contributed by atoms with Gasteiger partial charge in [0.25, 0.3) is 0 Å². The van der Waals surface area contributed by atoms with E-state index in [2.05, 4.69) is 16.0 Å². The molecule has 0 aliphatic heterocycles. The number of halogens is 2. The number of nitrogens with one attached hydrogen (secondary N) is 1. The van der Waals surface area contributed by atoms with Crippen molar-refractivity contribution in [3.05, 3.63) is 29.8 Å². The lowest BCUT2D eigenvalue weighted by Gasteiger charge is -2.19. The van der Waals surface area contributed by atoms with Gasteiger partial charge in [0.1, 0.15) is 5.75 Å². The number of alkyl halides is 2. The third-order valence-corrected chi connectivity index (χ3v) is 2.47. The molecule has 1 unspecified atom stereocenters. The topological polar surface area (TPSA) is 21.3 Å². The maximum Gasteiger partial charge on any atom is 0.387 e. The molecular weight excluding hydrogens is 236 g/mol. The predicted molar refractivity (Wildman–Crippen MR) is 67.6 cm³/mol. The molecule has 0 heterocycles. The quantitative estimate of drug-likeness (QED) is 0.752. The third kappa shape index (κ3) is 4.34. The highest BCUT2D eigenvalue weighted by Gasteiger charge is 2.16. The second-order valence-corrected chi connectivity index (χ2v) is 3.83. The van der Waals surface area contributed by atoms with E-state index in [0.29, 0.717) is 12.0 Å². The molecule has 0 bridgehead atoms. The molecule has 98 valence electrons. The molecule has 0 saturated carbocycles. The van der Waals surface area contributed by atoms with Crippen molar-refractivity contribution < 1.29 is 13.5 Å². The summed E-state index contributed by atoms with van der Waals surface area (Å²) in [5.41, 5.74) is 0.671. The second kappa shape index (κ2) is 7.67. The van der Waals surface area contributed by atoms with E-state index in [1.807, 2.05) is 6.92 Å². The van der Waals surface area contributed by atoms with Crippen LogP contribution in [0.5, 0.6) is 5.75 Å². The van der Waals surface area contributed by atoms with Crippen molar-refractivity contribution >= 4 is 0 Å². The number of ether oxygens (including phenoxy) is 1. The van der Waals surface area contributed by atoms with E-state index in [0.717, 1.165) is 13.0 Å². The molecule has 4 heteroatoms. The maximum absolute atomic E-state index is 12.3. The van der Waals surface area contributed by atoms with Crippen molar-refractivity contribution in [1.29, 1.82) is 0 Å². The molecule has 1 N–H and O–H groups in total. The fourth-order valence-corrected chi connectivity index (χ4v) is 1.70. The summed E-state index contributed by atoms with van der Waals surface area (Å²) in [6.45, 7) is -0.0274. The number of hydrogen-bond donors (Lipinski definition) is 1. The normalized spacial score (nSPS) is 12.2. The first-order chi connectivity index (χ1) is 8.69. The van der Waals surface area contributed by atoms with Crippen molar-refractivity contribution in [2.75, 3.05) is 6.54 Å². The largest absolute Gasteiger partial charge is 0.434 e. The molecule has 2 nitrogen and oxygen atoms in total. The molecule has 18 heavy (non-hydrogen) atoms. The molecule has 0 amide bonds. The first kappa shape index (κ1) is 14.5. The van der Waals surface area contributed by atoms with Crippen LogP contribution in [0.1, 0.15) is 31.4 Å². The maximum atomic E-state index is 12.3. The minimum absolute atomic E-state index is 0.162. The number of benzene rings is 1. The lowest BCUT2D eigenvalue weighted by molar-refractivity contribution is -0.0507. The molecule has 0 aliphatic rings. The van der Waals surface area contributed by atoms with Gasteiger partial charge in [0.2, 0.25) is 0 Å². The monoisotopic (exact) mass is 253 g/mol. The van der Waals surface area contributed by atoms with Crippen molar-refractivity contribution in [2.24, 2.45) is 0 Å². The van der Waals surface area contributed by atoms with Crippen LogP contribution >= 0.6 is 0 Å². The molecule has 1 aromatic rings. The zero-order valence-electron chi connectivity index (χ0n) is 10.3. The Morgan fingerprint density at radius 1 is 1.39 bits per heavy atom. The number of para-hydroxylation sites is 1. The van der Waals surface area contributed by atoms with E-state index < -0.39 is 6.61 Å². The summed E-state index contributed by atoms with van der Waals surface area (Å²) >= 11 is 0. The summed E-state index contributed by atoms with van der Waals surface area (Å²) in [5.74, 6) is 2.73. The Bertz CT molecular complexity index is 401. The zero-order valence-corrected chi connectivity index (χ0v) is 10.3. The van der Waals surface area contributed by atoms with Crippen LogP contribution in [-0.2, 0) is 0 Å². The highest BCUT2D eigenvalue weighted by atomic mass is 19.3. The van der Waals surface area contributed by atoms with Crippen LogP contribution in [0, 0.1) is 12.3 Å². The number of rotatable bonds is 7. The second-order valence-electron chi connectivity index (χ2n) is 3.83. The Morgan fingerprint density at radius 3 is 2.72 bits per heavy atom. The van der Waals surface area contributed by atoms with Crippen molar-refractivity contribution in [1.82, 2.24) is 5.32 Å². The van der Waals surface area contributed by atoms with E-state index in [1.165, 1.54) is 6.07 Å². The van der Waals surface area contributed by atoms with Gasteiger partial charge in [-0.3, -0.25) is 0 Å². The molecule has 0 fully saturated rings. The number of terminal acetylenes is 1. The molecule has 1 aromatic carbocycles. The molecule has 0 aromatic heterocycles. The van der Waals surface area contributed by atoms with Gasteiger partial charge in [-0.15, -0.1) is 12.3 Å². The third-order valence-electron chi connectivity index (χ3n) is 2.47. The smallest absolute Gasteiger partial charge is 0.387 e. The Hall–Kier alpha value is -1.60. The van der Waals surface area contributed by atoms with Gasteiger partial charge in [0.05, 0.1) is 0 Å². The van der Waals surface area contributed by atoms with Crippen molar-refractivity contribution in [3.63, 3.8) is 0 Å². The summed E-state index contributed by atoms with van der Waals surface area (Å²) in [5, 5.41) is 3.23. The molecule has 0 radical (unpaired) electrons. The van der Waals surface area contributed by atoms with Crippen molar-refractivity contribution in [3.8, 4) is 18.1 Å². The Labute approximate surface area is 106 Å². The van der Waals surface area contributed by atoms with Crippen LogP contribution < -0.4 is 10.1 Å². The fourth-order valence-electron chi connectivity index (χ4n) is 1.70. The van der Waals surface area contributed by atoms with E-state index in [9.17, 15) is 8.78 Å². The average molecular weight is 253 g/mol. The molecule has 0 saturated heterocycles. The first-order valence-electron chi connectivity index (χ1n) is 5.89. The van der Waals surface area contributed by atoms with Gasteiger partial charge in [-0.25, -0.2) is 0 Å². The van der Waals surface area contributed by atoms with Crippen LogP contribution in [0.3, 0.4) is 0 Å². The minimum atomic E-state index is -2.83. The summed E-state index contributed by atoms with van der Waals surface area (Å²) in [7, 11) is 0. The minimum Gasteiger partial charge on any atom is -0.434 e. The SMILES string of the molecule is C#CCC(NCCC)c1ccccc1OC(F)F. The van der Waals surface area contributed by atoms with Gasteiger partial charge in [-0.05, 0) is 19.0 Å². The highest BCUT2D eigenvalue weighted by molar-refractivity contribution is 5.36. The van der Waals surface area contributed by atoms with E-state index in [1.54, 1.807) is 18.2 Å². The standard InChI is InChI=1S/C14H17F2NO/c1-3-7-12(17-10-4-2)11-8-5-6-9-13(11)18-14(15)16/h1,5-6,8-9,12,14,17H,4,7,10H2,2H3. The zero-order chi connectivity index (χ0) is 13.4. The van der Waals surface area contributed by atoms with Gasteiger partial charge < -0.3 is 10.1 Å². The van der Waals surface area contributed by atoms with Gasteiger partial charge >= 0.3 is 6.61 Å². The van der Waals surface area contributed by atoms with E-state index in [4.69, 9.17) is 6.42 Å². The van der Waals surface area contributed by atoms with Crippen molar-refractivity contribution in [2.45, 2.75) is 32.4 Å². The van der Waals surface area contributed by atoms with Gasteiger partial charge in [-0.2, -0.15) is 8.78 Å². The molecule has 0 aliphatic carbocycles. The Kier molecular flexibility index (Phi) is 6.16. The van der Waals surface area contributed by atoms with Crippen LogP contribution in [0.25, 0.3) is 0 Å². The highest BCUT2D eigenvalue weighted by Crippen LogP contribution is 2.28. The van der Waals surface area contributed by atoms with Gasteiger partial charge in [0.15, 0.2) is 0 Å². The Balaban J connectivity index is 2.92. The lowest BCUT2D eigenvalue weighted by Crippen LogP contribution is -2.22. The summed E-state index contributed by atoms with van der Waals surface area (Å²) < 4.78 is 29.1. The molecule has 1 atom stereocenters. The molecule has 1 rings (SSSR count). The molecular formula is C14H17F2NO. The molecule has 0 spiro atoms. The average Bonchev–Trinajstić information content (AvgIpc) is 2.35. The van der Waals surface area contributed by atoms with Crippen LogP contribution in [0.4, 0.5) is 8.78 Å². The van der Waals surface area contributed by atoms with E-state index in [-0.39, 0.29) is 11.8 Å². The number of hydrogen-bond acceptors (Lipinski definition) is 2. The van der Waals surface area contributed by atoms with E-state index >= 15 is 0 Å². The van der Waals surface area contributed by atoms with Gasteiger partial charge in [0, 0.05) is 18.0 Å². The van der Waals surface area contributed by atoms with Gasteiger partial charge in [-0.1, -0.05) is 25.1 Å². The van der Waals surface area contributed by atoms with Crippen LogP contribution in [0.15, 0.2) is 24.3 Å². The summed E-state index contributed by atoms with van der Waals surface area (Å²) in [6.07, 6.45) is 6.69. The fraction of sp³-hybridized carbons (Fsp3) is 0.429. The predicted octanol–water partition coefficient (Wildman–Crippen LogP) is 3.35.